The average Bonchev–Trinajstić information content (AvgIpc) is 2.36. The summed E-state index contributed by atoms with van der Waals surface area (Å²) < 4.78 is 0. The van der Waals surface area contributed by atoms with Gasteiger partial charge in [0.15, 0.2) is 0 Å². The van der Waals surface area contributed by atoms with Crippen LogP contribution < -0.4 is 5.73 Å². The molecule has 0 bridgehead atoms. The Morgan fingerprint density at radius 3 is 1.44 bits per heavy atom. The van der Waals surface area contributed by atoms with Gasteiger partial charge in [0.25, 0.3) is 0 Å². The van der Waals surface area contributed by atoms with Gasteiger partial charge in [0.2, 0.25) is 0 Å². The molecular formula is C17H38N+. The van der Waals surface area contributed by atoms with Gasteiger partial charge in [-0.05, 0) is 19.3 Å². The predicted molar refractivity (Wildman–Crippen MR) is 82.7 cm³/mol. The first-order chi connectivity index (χ1) is 8.81. The van der Waals surface area contributed by atoms with E-state index in [1.165, 1.54) is 89.9 Å². The van der Waals surface area contributed by atoms with E-state index in [4.69, 9.17) is 0 Å². The van der Waals surface area contributed by atoms with Crippen molar-refractivity contribution < 1.29 is 5.73 Å². The van der Waals surface area contributed by atoms with Gasteiger partial charge in [-0.25, -0.2) is 0 Å². The first kappa shape index (κ1) is 18.0. The lowest BCUT2D eigenvalue weighted by atomic mass is 10.0. The van der Waals surface area contributed by atoms with Crippen LogP contribution >= 0.6 is 0 Å². The zero-order valence-corrected chi connectivity index (χ0v) is 13.2. The lowest BCUT2D eigenvalue weighted by molar-refractivity contribution is -0.422. The maximum atomic E-state index is 4.21. The van der Waals surface area contributed by atoms with Crippen molar-refractivity contribution >= 4 is 0 Å². The largest absolute Gasteiger partial charge is 0.355 e. The van der Waals surface area contributed by atoms with E-state index in [9.17, 15) is 0 Å². The summed E-state index contributed by atoms with van der Waals surface area (Å²) in [6.45, 7) is 4.55. The van der Waals surface area contributed by atoms with Gasteiger partial charge in [0.05, 0.1) is 6.04 Å². The summed E-state index contributed by atoms with van der Waals surface area (Å²) in [4.78, 5) is 0. The molecule has 0 aromatic heterocycles. The predicted octanol–water partition coefficient (Wildman–Crippen LogP) is 5.10. The van der Waals surface area contributed by atoms with Gasteiger partial charge >= 0.3 is 0 Å². The van der Waals surface area contributed by atoms with Crippen LogP contribution in [0.5, 0.6) is 0 Å². The van der Waals surface area contributed by atoms with E-state index < -0.39 is 0 Å². The average molecular weight is 256 g/mol. The van der Waals surface area contributed by atoms with Gasteiger partial charge in [-0.3, -0.25) is 0 Å². The smallest absolute Gasteiger partial charge is 0.0843 e. The standard InChI is InChI=1S/C17H37N/c1-3-5-6-7-8-9-10-11-12-13-14-16-17(18)15-4-2/h17H,3-16,18H2,1-2H3/p+1. The number of rotatable bonds is 14. The Kier molecular flexibility index (Phi) is 15.0. The lowest BCUT2D eigenvalue weighted by Crippen LogP contribution is -2.60. The second kappa shape index (κ2) is 15.0. The van der Waals surface area contributed by atoms with Crippen molar-refractivity contribution in [3.8, 4) is 0 Å². The minimum atomic E-state index is 0.716. The van der Waals surface area contributed by atoms with E-state index >= 15 is 0 Å². The van der Waals surface area contributed by atoms with Gasteiger partial charge in [-0.2, -0.15) is 0 Å². The van der Waals surface area contributed by atoms with Crippen LogP contribution in [-0.2, 0) is 0 Å². The fourth-order valence-electron chi connectivity index (χ4n) is 2.65. The summed E-state index contributed by atoms with van der Waals surface area (Å²) >= 11 is 0. The van der Waals surface area contributed by atoms with Crippen LogP contribution in [0.4, 0.5) is 0 Å². The van der Waals surface area contributed by atoms with Crippen LogP contribution in [0.3, 0.4) is 0 Å². The molecule has 0 spiro atoms. The van der Waals surface area contributed by atoms with Crippen LogP contribution in [0.15, 0.2) is 0 Å². The van der Waals surface area contributed by atoms with Crippen LogP contribution in [-0.4, -0.2) is 6.04 Å². The van der Waals surface area contributed by atoms with E-state index in [-0.39, 0.29) is 0 Å². The highest BCUT2D eigenvalue weighted by molar-refractivity contribution is 4.54. The van der Waals surface area contributed by atoms with Crippen molar-refractivity contribution in [1.82, 2.24) is 0 Å². The van der Waals surface area contributed by atoms with Crippen molar-refractivity contribution in [2.45, 2.75) is 110 Å². The zero-order valence-electron chi connectivity index (χ0n) is 13.2. The van der Waals surface area contributed by atoms with Crippen LogP contribution in [0, 0.1) is 0 Å². The minimum Gasteiger partial charge on any atom is -0.355 e. The maximum Gasteiger partial charge on any atom is 0.0843 e. The van der Waals surface area contributed by atoms with Gasteiger partial charge < -0.3 is 5.73 Å². The fourth-order valence-corrected chi connectivity index (χ4v) is 2.65. The normalized spacial score (nSPS) is 12.8. The van der Waals surface area contributed by atoms with Gasteiger partial charge in [0, 0.05) is 0 Å². The third-order valence-corrected chi connectivity index (χ3v) is 3.91. The summed E-state index contributed by atoms with van der Waals surface area (Å²) in [7, 11) is 0. The monoisotopic (exact) mass is 256 g/mol. The molecule has 0 rings (SSSR count). The second-order valence-electron chi connectivity index (χ2n) is 5.98. The zero-order chi connectivity index (χ0) is 13.5. The number of quaternary nitrogens is 1. The SMILES string of the molecule is CCCCCCCCCCCCCC([NH3+])CCC. The molecule has 1 heteroatoms. The molecular weight excluding hydrogens is 218 g/mol. The van der Waals surface area contributed by atoms with E-state index in [1.807, 2.05) is 0 Å². The molecule has 0 heterocycles. The molecule has 0 aliphatic rings. The first-order valence-corrected chi connectivity index (χ1v) is 8.64. The highest BCUT2D eigenvalue weighted by Gasteiger charge is 2.03. The van der Waals surface area contributed by atoms with Crippen molar-refractivity contribution in [2.24, 2.45) is 0 Å². The Morgan fingerprint density at radius 1 is 0.556 bits per heavy atom. The quantitative estimate of drug-likeness (QED) is 0.419. The number of unbranched alkanes of at least 4 members (excludes halogenated alkanes) is 10. The Balaban J connectivity index is 2.98. The molecule has 3 N–H and O–H groups in total. The molecule has 1 unspecified atom stereocenters. The molecule has 0 saturated heterocycles. The summed E-state index contributed by atoms with van der Waals surface area (Å²) in [6.07, 6.45) is 19.9. The molecule has 0 aromatic rings. The number of hydrogen-bond donors (Lipinski definition) is 1. The Morgan fingerprint density at radius 2 is 1.00 bits per heavy atom. The molecule has 0 fully saturated rings. The third-order valence-electron chi connectivity index (χ3n) is 3.91. The molecule has 1 nitrogen and oxygen atoms in total. The third kappa shape index (κ3) is 14.0. The molecule has 0 amide bonds. The molecule has 18 heavy (non-hydrogen) atoms. The second-order valence-corrected chi connectivity index (χ2v) is 5.98. The van der Waals surface area contributed by atoms with E-state index in [2.05, 4.69) is 19.6 Å². The molecule has 0 radical (unpaired) electrons. The van der Waals surface area contributed by atoms with Gasteiger partial charge in [0.1, 0.15) is 0 Å². The topological polar surface area (TPSA) is 27.6 Å². The first-order valence-electron chi connectivity index (χ1n) is 8.64. The molecule has 110 valence electrons. The Bertz CT molecular complexity index is 145. The van der Waals surface area contributed by atoms with Crippen LogP contribution in [0.2, 0.25) is 0 Å². The van der Waals surface area contributed by atoms with Crippen molar-refractivity contribution in [3.63, 3.8) is 0 Å². The van der Waals surface area contributed by atoms with Crippen LogP contribution in [0.25, 0.3) is 0 Å². The molecule has 0 aliphatic heterocycles. The Hall–Kier alpha value is -0.0400. The summed E-state index contributed by atoms with van der Waals surface area (Å²) in [5.41, 5.74) is 4.21. The minimum absolute atomic E-state index is 0.716. The van der Waals surface area contributed by atoms with Gasteiger partial charge in [-0.1, -0.05) is 84.5 Å². The van der Waals surface area contributed by atoms with E-state index in [1.54, 1.807) is 0 Å². The van der Waals surface area contributed by atoms with Gasteiger partial charge in [-0.15, -0.1) is 0 Å². The van der Waals surface area contributed by atoms with E-state index in [0.29, 0.717) is 6.04 Å². The van der Waals surface area contributed by atoms with Crippen molar-refractivity contribution in [3.05, 3.63) is 0 Å². The highest BCUT2D eigenvalue weighted by atomic mass is 14.6. The van der Waals surface area contributed by atoms with E-state index in [0.717, 1.165) is 0 Å². The summed E-state index contributed by atoms with van der Waals surface area (Å²) in [5.74, 6) is 0. The lowest BCUT2D eigenvalue weighted by Gasteiger charge is -2.06. The Labute approximate surface area is 116 Å². The molecule has 0 saturated carbocycles. The maximum absolute atomic E-state index is 4.21. The number of hydrogen-bond acceptors (Lipinski definition) is 0. The molecule has 0 aliphatic carbocycles. The van der Waals surface area contributed by atoms with Crippen molar-refractivity contribution in [2.75, 3.05) is 0 Å². The summed E-state index contributed by atoms with van der Waals surface area (Å²) in [5, 5.41) is 0. The molecule has 1 atom stereocenters. The molecule has 0 aromatic carbocycles. The highest BCUT2D eigenvalue weighted by Crippen LogP contribution is 2.12. The summed E-state index contributed by atoms with van der Waals surface area (Å²) in [6, 6.07) is 0.716. The fraction of sp³-hybridized carbons (Fsp3) is 1.00. The van der Waals surface area contributed by atoms with Crippen LogP contribution in [0.1, 0.15) is 104 Å². The van der Waals surface area contributed by atoms with Crippen molar-refractivity contribution in [1.29, 1.82) is 0 Å².